The summed E-state index contributed by atoms with van der Waals surface area (Å²) in [5.74, 6) is 0. The molecule has 1 nitrogen and oxygen atoms in total. The minimum atomic E-state index is -0.893. The number of halogens is 1. The van der Waals surface area contributed by atoms with Gasteiger partial charge in [0.05, 0.1) is 5.60 Å². The molecule has 2 aromatic carbocycles. The minimum Gasteiger partial charge on any atom is -0.748 e. The molecule has 2 unspecified atom stereocenters. The first-order valence-corrected chi connectivity index (χ1v) is 8.67. The molecule has 2 rings (SSSR count). The summed E-state index contributed by atoms with van der Waals surface area (Å²) in [6, 6.07) is 17.9. The van der Waals surface area contributed by atoms with Gasteiger partial charge in [0.25, 0.3) is 0 Å². The SMILES string of the molecule is CC(C)(C)C(Cl)CC(O)([c-]1cccc1)C(C)(C)C.[Fe].[cH-]1[cH-][cH-][cH-][cH-]1. The molecule has 0 saturated heterocycles. The monoisotopic (exact) mass is 390 g/mol. The fourth-order valence-corrected chi connectivity index (χ4v) is 2.62. The molecule has 2 aromatic rings. The van der Waals surface area contributed by atoms with Gasteiger partial charge in [-0.2, -0.15) is 12.1 Å². The second-order valence-electron chi connectivity index (χ2n) is 8.28. The van der Waals surface area contributed by atoms with Gasteiger partial charge in [-0.25, -0.2) is 12.1 Å². The molecule has 1 N–H and O–H groups in total. The molecule has 0 fully saturated rings. The number of rotatable bonds is 3. The zero-order valence-corrected chi connectivity index (χ0v) is 17.5. The van der Waals surface area contributed by atoms with Gasteiger partial charge in [-0.1, -0.05) is 41.5 Å². The Kier molecular flexibility index (Phi) is 9.04. The summed E-state index contributed by atoms with van der Waals surface area (Å²) < 4.78 is 0. The second kappa shape index (κ2) is 9.25. The molecule has 0 aromatic heterocycles. The van der Waals surface area contributed by atoms with Crippen molar-refractivity contribution in [2.24, 2.45) is 10.8 Å². The Labute approximate surface area is 163 Å². The van der Waals surface area contributed by atoms with Crippen molar-refractivity contribution in [2.45, 2.75) is 58.9 Å². The minimum absolute atomic E-state index is 0. The average Bonchev–Trinajstić information content (AvgIpc) is 3.12. The molecule has 0 radical (unpaired) electrons. The molecule has 0 spiro atoms. The molecule has 0 bridgehead atoms. The van der Waals surface area contributed by atoms with Gasteiger partial charge in [-0.3, -0.25) is 0 Å². The topological polar surface area (TPSA) is 20.2 Å². The summed E-state index contributed by atoms with van der Waals surface area (Å²) in [7, 11) is 0. The molecule has 2 atom stereocenters. The van der Waals surface area contributed by atoms with Gasteiger partial charge in [0.2, 0.25) is 0 Å². The standard InChI is InChI=1S/C16H26ClO.C5H5.Fe/c1-14(2,3)13(17)11-16(18,15(4,5)6)12-9-7-8-10-12;1-2-4-5-3-1;/h7-10,13,18H,11H2,1-6H3;1-5H;/q-1;-5;. The van der Waals surface area contributed by atoms with E-state index < -0.39 is 5.60 Å². The van der Waals surface area contributed by atoms with E-state index in [1.807, 2.05) is 54.6 Å². The molecule has 142 valence electrons. The summed E-state index contributed by atoms with van der Waals surface area (Å²) in [5.41, 5.74) is -0.201. The van der Waals surface area contributed by atoms with Crippen molar-refractivity contribution in [2.75, 3.05) is 0 Å². The largest absolute Gasteiger partial charge is 0.748 e. The van der Waals surface area contributed by atoms with Gasteiger partial charge >= 0.3 is 0 Å². The van der Waals surface area contributed by atoms with E-state index in [0.29, 0.717) is 6.42 Å². The molecular weight excluding hydrogens is 360 g/mol. The third-order valence-electron chi connectivity index (χ3n) is 4.35. The smallest absolute Gasteiger partial charge is 0.0524 e. The van der Waals surface area contributed by atoms with Gasteiger partial charge in [0.1, 0.15) is 0 Å². The van der Waals surface area contributed by atoms with Gasteiger partial charge in [-0.15, -0.1) is 17.2 Å². The maximum atomic E-state index is 11.2. The Hall–Kier alpha value is -0.531. The van der Waals surface area contributed by atoms with E-state index in [2.05, 4.69) is 41.5 Å². The van der Waals surface area contributed by atoms with Crippen LogP contribution in [0.15, 0.2) is 54.6 Å². The van der Waals surface area contributed by atoms with Crippen molar-refractivity contribution in [1.82, 2.24) is 0 Å². The Balaban J connectivity index is 0.000000751. The van der Waals surface area contributed by atoms with E-state index >= 15 is 0 Å². The van der Waals surface area contributed by atoms with Crippen LogP contribution in [0, 0.1) is 10.8 Å². The molecule has 0 heterocycles. The van der Waals surface area contributed by atoms with Crippen molar-refractivity contribution in [3.05, 3.63) is 60.2 Å². The predicted octanol–water partition coefficient (Wildman–Crippen LogP) is 6.09. The number of alkyl halides is 1. The summed E-state index contributed by atoms with van der Waals surface area (Å²) >= 11 is 6.50. The van der Waals surface area contributed by atoms with E-state index in [9.17, 15) is 5.11 Å². The van der Waals surface area contributed by atoms with Crippen molar-refractivity contribution < 1.29 is 22.2 Å². The molecular formula is C21H31ClFeO-6. The van der Waals surface area contributed by atoms with Gasteiger partial charge in [0, 0.05) is 22.4 Å². The molecule has 0 aliphatic rings. The Morgan fingerprint density at radius 3 is 1.58 bits per heavy atom. The molecule has 0 aliphatic heterocycles. The van der Waals surface area contributed by atoms with Crippen LogP contribution in [0.1, 0.15) is 53.5 Å². The molecule has 0 aliphatic carbocycles. The fourth-order valence-electron chi connectivity index (χ4n) is 2.39. The van der Waals surface area contributed by atoms with Crippen LogP contribution >= 0.6 is 11.6 Å². The summed E-state index contributed by atoms with van der Waals surface area (Å²) in [4.78, 5) is 0. The Morgan fingerprint density at radius 2 is 1.29 bits per heavy atom. The average molecular weight is 391 g/mol. The third-order valence-corrected chi connectivity index (χ3v) is 5.16. The van der Waals surface area contributed by atoms with Crippen LogP contribution in [-0.4, -0.2) is 10.5 Å². The van der Waals surface area contributed by atoms with Crippen LogP contribution in [0.4, 0.5) is 0 Å². The number of hydrogen-bond acceptors (Lipinski definition) is 1. The van der Waals surface area contributed by atoms with Gasteiger partial charge in [0.15, 0.2) is 0 Å². The van der Waals surface area contributed by atoms with Crippen molar-refractivity contribution in [1.29, 1.82) is 0 Å². The quantitative estimate of drug-likeness (QED) is 0.382. The summed E-state index contributed by atoms with van der Waals surface area (Å²) in [6.45, 7) is 12.5. The van der Waals surface area contributed by atoms with Crippen LogP contribution < -0.4 is 0 Å². The predicted molar refractivity (Wildman–Crippen MR) is 101 cm³/mol. The van der Waals surface area contributed by atoms with E-state index in [0.717, 1.165) is 5.56 Å². The van der Waals surface area contributed by atoms with E-state index in [1.165, 1.54) is 0 Å². The van der Waals surface area contributed by atoms with Crippen molar-refractivity contribution in [3.63, 3.8) is 0 Å². The zero-order chi connectivity index (χ0) is 17.7. The van der Waals surface area contributed by atoms with E-state index in [4.69, 9.17) is 11.6 Å². The fraction of sp³-hybridized carbons (Fsp3) is 0.524. The van der Waals surface area contributed by atoms with Gasteiger partial charge in [-0.05, 0) is 17.3 Å². The van der Waals surface area contributed by atoms with Crippen LogP contribution in [-0.2, 0) is 22.7 Å². The summed E-state index contributed by atoms with van der Waals surface area (Å²) in [5, 5.41) is 11.1. The maximum Gasteiger partial charge on any atom is 0.0524 e. The zero-order valence-electron chi connectivity index (χ0n) is 15.7. The van der Waals surface area contributed by atoms with Crippen molar-refractivity contribution >= 4 is 11.6 Å². The Morgan fingerprint density at radius 1 is 0.917 bits per heavy atom. The van der Waals surface area contributed by atoms with Gasteiger partial charge < -0.3 is 35.4 Å². The first kappa shape index (κ1) is 23.5. The molecule has 0 saturated carbocycles. The molecule has 0 amide bonds. The third kappa shape index (κ3) is 6.41. The number of hydrogen-bond donors (Lipinski definition) is 1. The van der Waals surface area contributed by atoms with Crippen molar-refractivity contribution in [3.8, 4) is 0 Å². The second-order valence-corrected chi connectivity index (χ2v) is 8.81. The Bertz CT molecular complexity index is 514. The number of aliphatic hydroxyl groups is 1. The van der Waals surface area contributed by atoms with Crippen LogP contribution in [0.2, 0.25) is 0 Å². The van der Waals surface area contributed by atoms with Crippen LogP contribution in [0.5, 0.6) is 0 Å². The maximum absolute atomic E-state index is 11.2. The van der Waals surface area contributed by atoms with E-state index in [1.54, 1.807) is 0 Å². The van der Waals surface area contributed by atoms with Crippen LogP contribution in [0.3, 0.4) is 0 Å². The summed E-state index contributed by atoms with van der Waals surface area (Å²) in [6.07, 6.45) is 0.561. The van der Waals surface area contributed by atoms with Crippen LogP contribution in [0.25, 0.3) is 0 Å². The molecule has 3 heteroatoms. The molecule has 24 heavy (non-hydrogen) atoms. The first-order chi connectivity index (χ1) is 10.5. The van der Waals surface area contributed by atoms with E-state index in [-0.39, 0.29) is 33.3 Å². The normalized spacial score (nSPS) is 15.5. The first-order valence-electron chi connectivity index (χ1n) is 8.24.